The molecule has 0 fully saturated rings. The fourth-order valence-electron chi connectivity index (χ4n) is 0.409. The molecule has 0 heterocycles. The molecule has 0 atom stereocenters. The van der Waals surface area contributed by atoms with Gasteiger partial charge in [-0.05, 0) is 0 Å². The van der Waals surface area contributed by atoms with Crippen molar-refractivity contribution >= 4 is 21.2 Å². The monoisotopic (exact) mass is 266 g/mol. The van der Waals surface area contributed by atoms with Gasteiger partial charge in [-0.3, -0.25) is 13.9 Å². The molecular formula is C4H12O9P2. The molecule has 0 aromatic rings. The molecule has 0 bridgehead atoms. The van der Waals surface area contributed by atoms with Crippen molar-refractivity contribution in [1.82, 2.24) is 0 Å². The largest absolute Gasteiger partial charge is 0.481 e. The van der Waals surface area contributed by atoms with Crippen LogP contribution in [-0.4, -0.2) is 47.8 Å². The number of hydrogen-bond donors (Lipinski definition) is 6. The van der Waals surface area contributed by atoms with Crippen molar-refractivity contribution in [2.24, 2.45) is 0 Å². The van der Waals surface area contributed by atoms with Crippen LogP contribution < -0.4 is 0 Å². The molecule has 0 aliphatic carbocycles. The Labute approximate surface area is 84.7 Å². The molecule has 0 aromatic carbocycles. The Bertz CT molecular complexity index is 260. The molecule has 0 spiro atoms. The Morgan fingerprint density at radius 1 is 1.13 bits per heavy atom. The van der Waals surface area contributed by atoms with Crippen molar-refractivity contribution in [3.63, 3.8) is 0 Å². The number of rotatable bonds is 3. The molecule has 0 aromatic heterocycles. The lowest BCUT2D eigenvalue weighted by Crippen LogP contribution is -2.13. The fourth-order valence-corrected chi connectivity index (χ4v) is 2.40. The van der Waals surface area contributed by atoms with Gasteiger partial charge < -0.3 is 29.8 Å². The second-order valence-corrected chi connectivity index (χ2v) is 6.37. The second kappa shape index (κ2) is 6.34. The Hall–Kier alpha value is -0.270. The van der Waals surface area contributed by atoms with E-state index in [-0.39, 0.29) is 0 Å². The summed E-state index contributed by atoms with van der Waals surface area (Å²) in [5.41, 5.74) is 0. The molecule has 0 aliphatic heterocycles. The number of carboxylic acid groups (broad SMARTS) is 1. The number of carbonyl (C=O) groups is 1. The summed E-state index contributed by atoms with van der Waals surface area (Å²) in [4.78, 5) is 42.1. The molecule has 15 heavy (non-hydrogen) atoms. The average Bonchev–Trinajstić information content (AvgIpc) is 1.78. The zero-order valence-corrected chi connectivity index (χ0v) is 9.38. The van der Waals surface area contributed by atoms with E-state index in [2.05, 4.69) is 0 Å². The van der Waals surface area contributed by atoms with E-state index in [1.54, 1.807) is 0 Å². The highest BCUT2D eigenvalue weighted by Gasteiger charge is 2.42. The quantitative estimate of drug-likeness (QED) is 0.341. The van der Waals surface area contributed by atoms with Gasteiger partial charge in [-0.25, -0.2) is 0 Å². The molecular weight excluding hydrogens is 254 g/mol. The molecule has 0 unspecified atom stereocenters. The maximum atomic E-state index is 10.3. The smallest absolute Gasteiger partial charge is 0.343 e. The predicted octanol–water partition coefficient (Wildman–Crippen LogP) is -1.25. The van der Waals surface area contributed by atoms with E-state index in [9.17, 15) is 9.13 Å². The van der Waals surface area contributed by atoms with Crippen molar-refractivity contribution in [2.75, 3.05) is 6.61 Å². The summed E-state index contributed by atoms with van der Waals surface area (Å²) in [6, 6.07) is 0. The third-order valence-corrected chi connectivity index (χ3v) is 4.62. The summed E-state index contributed by atoms with van der Waals surface area (Å²) in [5, 5.41) is 13.3. The SMILES string of the molecule is CC(=O)O.O=P(O)(O)C(CO)P(=O)(O)O. The van der Waals surface area contributed by atoms with Gasteiger partial charge in [0.25, 0.3) is 5.97 Å². The van der Waals surface area contributed by atoms with Crippen LogP contribution in [0.25, 0.3) is 0 Å². The Balaban J connectivity index is 0. The van der Waals surface area contributed by atoms with Gasteiger partial charge in [0.1, 0.15) is 0 Å². The van der Waals surface area contributed by atoms with Crippen LogP contribution in [0.1, 0.15) is 6.92 Å². The highest BCUT2D eigenvalue weighted by atomic mass is 31.2. The predicted molar refractivity (Wildman–Crippen MR) is 48.3 cm³/mol. The van der Waals surface area contributed by atoms with E-state index in [4.69, 9.17) is 34.6 Å². The van der Waals surface area contributed by atoms with Gasteiger partial charge in [0.15, 0.2) is 5.40 Å². The van der Waals surface area contributed by atoms with E-state index in [1.807, 2.05) is 0 Å². The van der Waals surface area contributed by atoms with Crippen LogP contribution in [0.2, 0.25) is 0 Å². The van der Waals surface area contributed by atoms with Gasteiger partial charge in [0, 0.05) is 6.92 Å². The topological polar surface area (TPSA) is 173 Å². The summed E-state index contributed by atoms with van der Waals surface area (Å²) in [6.07, 6.45) is 0. The lowest BCUT2D eigenvalue weighted by molar-refractivity contribution is -0.134. The van der Waals surface area contributed by atoms with E-state index in [0.717, 1.165) is 6.92 Å². The molecule has 9 nitrogen and oxygen atoms in total. The molecule has 11 heteroatoms. The van der Waals surface area contributed by atoms with E-state index in [1.165, 1.54) is 0 Å². The highest BCUT2D eigenvalue weighted by molar-refractivity contribution is 7.70. The Kier molecular flexibility index (Phi) is 7.25. The molecule has 0 radical (unpaired) electrons. The van der Waals surface area contributed by atoms with Gasteiger partial charge in [-0.15, -0.1) is 0 Å². The summed E-state index contributed by atoms with van der Waals surface area (Å²) in [5.74, 6) is -0.833. The summed E-state index contributed by atoms with van der Waals surface area (Å²) >= 11 is 0. The summed E-state index contributed by atoms with van der Waals surface area (Å²) in [7, 11) is -9.82. The van der Waals surface area contributed by atoms with Crippen LogP contribution in [-0.2, 0) is 13.9 Å². The van der Waals surface area contributed by atoms with E-state index < -0.39 is 33.2 Å². The number of hydrogen-bond acceptors (Lipinski definition) is 4. The van der Waals surface area contributed by atoms with Gasteiger partial charge in [-0.1, -0.05) is 0 Å². The molecule has 0 aliphatic rings. The van der Waals surface area contributed by atoms with Crippen molar-refractivity contribution in [3.8, 4) is 0 Å². The van der Waals surface area contributed by atoms with Crippen molar-refractivity contribution in [3.05, 3.63) is 0 Å². The standard InChI is InChI=1S/C2H8O7P2.C2H4O2/c3-1-2(10(4,5)6)11(7,8)9;1-2(3)4/h2-3H,1H2,(H2,4,5,6)(H2,7,8,9);1H3,(H,3,4). The zero-order chi connectivity index (χ0) is 12.9. The van der Waals surface area contributed by atoms with Gasteiger partial charge >= 0.3 is 15.2 Å². The molecule has 0 saturated carbocycles. The van der Waals surface area contributed by atoms with Crippen LogP contribution >= 0.6 is 15.2 Å². The van der Waals surface area contributed by atoms with Crippen LogP contribution in [0.3, 0.4) is 0 Å². The summed E-state index contributed by atoms with van der Waals surface area (Å²) in [6.45, 7) is -0.158. The minimum atomic E-state index is -4.91. The first-order chi connectivity index (χ1) is 6.42. The third-order valence-electron chi connectivity index (χ3n) is 0.940. The van der Waals surface area contributed by atoms with Crippen molar-refractivity contribution in [2.45, 2.75) is 12.3 Å². The lowest BCUT2D eigenvalue weighted by atomic mass is 10.9. The molecule has 0 amide bonds. The molecule has 92 valence electrons. The Morgan fingerprint density at radius 2 is 1.33 bits per heavy atom. The molecule has 0 saturated heterocycles. The lowest BCUT2D eigenvalue weighted by Gasteiger charge is -2.16. The average molecular weight is 266 g/mol. The summed E-state index contributed by atoms with van der Waals surface area (Å²) < 4.78 is 20.5. The van der Waals surface area contributed by atoms with E-state index in [0.29, 0.717) is 0 Å². The second-order valence-electron chi connectivity index (χ2n) is 2.36. The maximum absolute atomic E-state index is 10.3. The first-order valence-electron chi connectivity index (χ1n) is 3.33. The van der Waals surface area contributed by atoms with Crippen LogP contribution in [0.5, 0.6) is 0 Å². The van der Waals surface area contributed by atoms with Crippen LogP contribution in [0.15, 0.2) is 0 Å². The van der Waals surface area contributed by atoms with Gasteiger partial charge in [-0.2, -0.15) is 0 Å². The number of aliphatic carboxylic acids is 1. The van der Waals surface area contributed by atoms with Gasteiger partial charge in [0.05, 0.1) is 6.61 Å². The molecule has 6 N–H and O–H groups in total. The number of aliphatic hydroxyl groups is 1. The normalized spacial score (nSPS) is 11.9. The first kappa shape index (κ1) is 17.1. The molecule has 0 rings (SSSR count). The third kappa shape index (κ3) is 10.0. The highest BCUT2D eigenvalue weighted by Crippen LogP contribution is 2.59. The van der Waals surface area contributed by atoms with Crippen molar-refractivity contribution in [1.29, 1.82) is 0 Å². The Morgan fingerprint density at radius 3 is 1.33 bits per heavy atom. The maximum Gasteiger partial charge on any atom is 0.343 e. The zero-order valence-electron chi connectivity index (χ0n) is 7.59. The van der Waals surface area contributed by atoms with Crippen LogP contribution in [0, 0.1) is 0 Å². The van der Waals surface area contributed by atoms with E-state index >= 15 is 0 Å². The van der Waals surface area contributed by atoms with Gasteiger partial charge in [0.2, 0.25) is 0 Å². The minimum absolute atomic E-state index is 0.833. The number of aliphatic hydroxyl groups excluding tert-OH is 1. The first-order valence-corrected chi connectivity index (χ1v) is 6.70. The van der Waals surface area contributed by atoms with Crippen molar-refractivity contribution < 1.29 is 43.7 Å². The van der Waals surface area contributed by atoms with Crippen LogP contribution in [0.4, 0.5) is 0 Å². The minimum Gasteiger partial charge on any atom is -0.481 e. The number of carboxylic acids is 1. The fraction of sp³-hybridized carbons (Fsp3) is 0.750.